The summed E-state index contributed by atoms with van der Waals surface area (Å²) in [5.74, 6) is -0.752. The number of carboxylic acids is 1. The molecule has 140 valence electrons. The van der Waals surface area contributed by atoms with E-state index in [-0.39, 0.29) is 12.5 Å². The van der Waals surface area contributed by atoms with Gasteiger partial charge in [-0.1, -0.05) is 44.8 Å². The molecule has 0 aromatic rings. The van der Waals surface area contributed by atoms with Crippen molar-refractivity contribution in [3.8, 4) is 0 Å². The van der Waals surface area contributed by atoms with Crippen molar-refractivity contribution in [2.24, 2.45) is 0 Å². The van der Waals surface area contributed by atoms with Crippen LogP contribution in [0.1, 0.15) is 64.7 Å². The van der Waals surface area contributed by atoms with E-state index in [0.29, 0.717) is 25.7 Å². The molecule has 0 bridgehead atoms. The fourth-order valence-electron chi connectivity index (χ4n) is 2.97. The molecule has 0 spiro atoms. The molecule has 1 saturated heterocycles. The lowest BCUT2D eigenvalue weighted by Gasteiger charge is -2.16. The Bertz CT molecular complexity index is 384. The van der Waals surface area contributed by atoms with Crippen LogP contribution in [0.25, 0.3) is 0 Å². The molecule has 1 fully saturated rings. The summed E-state index contributed by atoms with van der Waals surface area (Å²) in [5.41, 5.74) is 0. The first kappa shape index (κ1) is 21.1. The van der Waals surface area contributed by atoms with Gasteiger partial charge in [0.25, 0.3) is 0 Å². The zero-order valence-electron chi connectivity index (χ0n) is 14.5. The van der Waals surface area contributed by atoms with E-state index in [1.807, 2.05) is 6.92 Å². The molecule has 0 amide bonds. The van der Waals surface area contributed by atoms with E-state index >= 15 is 0 Å². The lowest BCUT2D eigenvalue weighted by Crippen LogP contribution is -2.24. The van der Waals surface area contributed by atoms with Crippen LogP contribution >= 0.6 is 0 Å². The standard InChI is InChI=1S/C18H32O6/c1-2-16-15(21)12-17(24-16)14(20)11-10-13(19)8-6-4-3-5-7-9-18(22)23/h10-11,13-17,19-21H,2-9,12H2,1H3,(H,22,23)/b11-10+/t13-,14-,15-,16+,17+/m1/s1. The molecule has 0 radical (unpaired) electrons. The van der Waals surface area contributed by atoms with Crippen LogP contribution in [0, 0.1) is 0 Å². The topological polar surface area (TPSA) is 107 Å². The lowest BCUT2D eigenvalue weighted by molar-refractivity contribution is -0.137. The summed E-state index contributed by atoms with van der Waals surface area (Å²) in [6, 6.07) is 0. The molecule has 0 aliphatic carbocycles. The third kappa shape index (κ3) is 8.24. The molecule has 0 saturated carbocycles. The van der Waals surface area contributed by atoms with Crippen molar-refractivity contribution in [3.05, 3.63) is 12.2 Å². The Balaban J connectivity index is 2.12. The van der Waals surface area contributed by atoms with Gasteiger partial charge in [0.2, 0.25) is 0 Å². The van der Waals surface area contributed by atoms with Crippen LogP contribution in [0.4, 0.5) is 0 Å². The SMILES string of the molecule is CC[C@@H]1O[C@H]([C@H](O)/C=C/[C@H](O)CCCCCCCC(=O)O)C[C@H]1O. The predicted molar refractivity (Wildman–Crippen MR) is 90.7 cm³/mol. The first-order valence-electron chi connectivity index (χ1n) is 9.03. The van der Waals surface area contributed by atoms with Crippen molar-refractivity contribution < 1.29 is 30.0 Å². The molecule has 6 heteroatoms. The minimum absolute atomic E-state index is 0.218. The zero-order valence-corrected chi connectivity index (χ0v) is 14.5. The minimum Gasteiger partial charge on any atom is -0.481 e. The Labute approximate surface area is 144 Å². The quantitative estimate of drug-likeness (QED) is 0.319. The van der Waals surface area contributed by atoms with Crippen LogP contribution in [0.3, 0.4) is 0 Å². The maximum absolute atomic E-state index is 10.4. The Morgan fingerprint density at radius 2 is 1.83 bits per heavy atom. The highest BCUT2D eigenvalue weighted by Gasteiger charge is 2.35. The predicted octanol–water partition coefficient (Wildman–Crippen LogP) is 2.01. The lowest BCUT2D eigenvalue weighted by atomic mass is 10.0. The highest BCUT2D eigenvalue weighted by molar-refractivity contribution is 5.66. The summed E-state index contributed by atoms with van der Waals surface area (Å²) >= 11 is 0. The number of rotatable bonds is 12. The van der Waals surface area contributed by atoms with Crippen LogP contribution in [-0.4, -0.2) is 56.9 Å². The third-order valence-corrected chi connectivity index (χ3v) is 4.46. The molecule has 1 aliphatic heterocycles. The fraction of sp³-hybridized carbons (Fsp3) is 0.833. The van der Waals surface area contributed by atoms with Gasteiger partial charge in [-0.3, -0.25) is 4.79 Å². The summed E-state index contributed by atoms with van der Waals surface area (Å²) in [7, 11) is 0. The number of carbonyl (C=O) groups is 1. The van der Waals surface area contributed by atoms with Gasteiger partial charge in [0, 0.05) is 12.8 Å². The molecule has 6 nitrogen and oxygen atoms in total. The second-order valence-corrected chi connectivity index (χ2v) is 6.57. The van der Waals surface area contributed by atoms with E-state index in [1.54, 1.807) is 12.2 Å². The molecular weight excluding hydrogens is 312 g/mol. The number of hydrogen-bond acceptors (Lipinski definition) is 5. The number of carboxylic acid groups (broad SMARTS) is 1. The van der Waals surface area contributed by atoms with Gasteiger partial charge in [0.15, 0.2) is 0 Å². The summed E-state index contributed by atoms with van der Waals surface area (Å²) in [6.45, 7) is 1.93. The van der Waals surface area contributed by atoms with Gasteiger partial charge in [-0.15, -0.1) is 0 Å². The van der Waals surface area contributed by atoms with Gasteiger partial charge < -0.3 is 25.2 Å². The van der Waals surface area contributed by atoms with Crippen LogP contribution in [-0.2, 0) is 9.53 Å². The Morgan fingerprint density at radius 3 is 2.46 bits per heavy atom. The van der Waals surface area contributed by atoms with E-state index < -0.39 is 30.4 Å². The Hall–Kier alpha value is -0.950. The number of aliphatic hydroxyl groups is 3. The fourth-order valence-corrected chi connectivity index (χ4v) is 2.97. The molecule has 1 heterocycles. The highest BCUT2D eigenvalue weighted by Crippen LogP contribution is 2.25. The van der Waals surface area contributed by atoms with E-state index in [1.165, 1.54) is 0 Å². The summed E-state index contributed by atoms with van der Waals surface area (Å²) < 4.78 is 5.60. The maximum Gasteiger partial charge on any atom is 0.303 e. The number of ether oxygens (including phenoxy) is 1. The van der Waals surface area contributed by atoms with Gasteiger partial charge in [0.05, 0.1) is 30.5 Å². The summed E-state index contributed by atoms with van der Waals surface area (Å²) in [4.78, 5) is 10.4. The number of unbranched alkanes of at least 4 members (excludes halogenated alkanes) is 4. The van der Waals surface area contributed by atoms with E-state index in [4.69, 9.17) is 9.84 Å². The zero-order chi connectivity index (χ0) is 17.9. The van der Waals surface area contributed by atoms with Crippen molar-refractivity contribution in [1.29, 1.82) is 0 Å². The van der Waals surface area contributed by atoms with Crippen molar-refractivity contribution in [2.45, 2.75) is 95.2 Å². The second-order valence-electron chi connectivity index (χ2n) is 6.57. The van der Waals surface area contributed by atoms with Crippen molar-refractivity contribution in [1.82, 2.24) is 0 Å². The molecule has 5 atom stereocenters. The van der Waals surface area contributed by atoms with Gasteiger partial charge in [0.1, 0.15) is 0 Å². The normalized spacial score (nSPS) is 26.8. The first-order chi connectivity index (χ1) is 11.4. The monoisotopic (exact) mass is 344 g/mol. The van der Waals surface area contributed by atoms with E-state index in [2.05, 4.69) is 0 Å². The number of hydrogen-bond donors (Lipinski definition) is 4. The maximum atomic E-state index is 10.4. The molecule has 4 N–H and O–H groups in total. The average molecular weight is 344 g/mol. The minimum atomic E-state index is -0.818. The van der Waals surface area contributed by atoms with Crippen LogP contribution in [0.15, 0.2) is 12.2 Å². The molecule has 0 unspecified atom stereocenters. The first-order valence-corrected chi connectivity index (χ1v) is 9.03. The Morgan fingerprint density at radius 1 is 1.17 bits per heavy atom. The van der Waals surface area contributed by atoms with Gasteiger partial charge in [-0.05, 0) is 19.3 Å². The van der Waals surface area contributed by atoms with Crippen LogP contribution < -0.4 is 0 Å². The largest absolute Gasteiger partial charge is 0.481 e. The van der Waals surface area contributed by atoms with Crippen molar-refractivity contribution in [3.63, 3.8) is 0 Å². The number of aliphatic hydroxyl groups excluding tert-OH is 3. The van der Waals surface area contributed by atoms with Crippen molar-refractivity contribution in [2.75, 3.05) is 0 Å². The van der Waals surface area contributed by atoms with E-state index in [0.717, 1.165) is 25.7 Å². The molecule has 1 rings (SSSR count). The molecule has 0 aromatic carbocycles. The number of aliphatic carboxylic acids is 1. The molecular formula is C18H32O6. The highest BCUT2D eigenvalue weighted by atomic mass is 16.5. The summed E-state index contributed by atoms with van der Waals surface area (Å²) in [5, 5.41) is 38.3. The average Bonchev–Trinajstić information content (AvgIpc) is 2.92. The van der Waals surface area contributed by atoms with Gasteiger partial charge >= 0.3 is 5.97 Å². The van der Waals surface area contributed by atoms with Gasteiger partial charge in [-0.2, -0.15) is 0 Å². The molecule has 0 aromatic heterocycles. The van der Waals surface area contributed by atoms with E-state index in [9.17, 15) is 20.1 Å². The van der Waals surface area contributed by atoms with Crippen LogP contribution in [0.5, 0.6) is 0 Å². The molecule has 24 heavy (non-hydrogen) atoms. The van der Waals surface area contributed by atoms with Crippen LogP contribution in [0.2, 0.25) is 0 Å². The second kappa shape index (κ2) is 11.6. The Kier molecular flexibility index (Phi) is 10.2. The molecule has 1 aliphatic rings. The third-order valence-electron chi connectivity index (χ3n) is 4.46. The van der Waals surface area contributed by atoms with Crippen molar-refractivity contribution >= 4 is 5.97 Å². The summed E-state index contributed by atoms with van der Waals surface area (Å²) in [6.07, 6.45) is 6.92. The van der Waals surface area contributed by atoms with Gasteiger partial charge in [-0.25, -0.2) is 0 Å². The smallest absolute Gasteiger partial charge is 0.303 e.